The SMILES string of the molecule is COc1cc([C@H](O)[C@H](CO)O[C@@H]2O[C@H](COC(=O)c3cc(O)c(O)c(O)c3)[C@@H](O)[C@H](O)[C@H]2O)ccc1O. The summed E-state index contributed by atoms with van der Waals surface area (Å²) in [6, 6.07) is 5.53. The van der Waals surface area contributed by atoms with Gasteiger partial charge in [-0.15, -0.1) is 0 Å². The molecule has 0 radical (unpaired) electrons. The third-order valence-corrected chi connectivity index (χ3v) is 5.74. The Bertz CT molecular complexity index is 1070. The van der Waals surface area contributed by atoms with E-state index in [-0.39, 0.29) is 22.6 Å². The first-order valence-corrected chi connectivity index (χ1v) is 10.9. The number of phenols is 4. The second-order valence-electron chi connectivity index (χ2n) is 8.21. The standard InChI is InChI=1S/C23H28O14/c1-34-14-6-9(2-3-11(14)25)17(28)15(7-24)36-23-21(32)20(31)19(30)16(37-23)8-35-22(33)10-4-12(26)18(29)13(27)5-10/h2-6,15-17,19-21,23-32H,7-8H2,1H3/t15-,16+,17-,19+,20-,21+,23+/m0/s1. The number of rotatable bonds is 9. The molecule has 1 heterocycles. The number of hydrogen-bond acceptors (Lipinski definition) is 14. The van der Waals surface area contributed by atoms with E-state index in [4.69, 9.17) is 18.9 Å². The summed E-state index contributed by atoms with van der Waals surface area (Å²) < 4.78 is 20.9. The summed E-state index contributed by atoms with van der Waals surface area (Å²) in [7, 11) is 1.30. The van der Waals surface area contributed by atoms with E-state index in [0.717, 1.165) is 12.1 Å². The van der Waals surface area contributed by atoms with Crippen molar-refractivity contribution in [3.8, 4) is 28.7 Å². The van der Waals surface area contributed by atoms with E-state index in [9.17, 15) is 50.8 Å². The molecule has 0 saturated carbocycles. The largest absolute Gasteiger partial charge is 0.504 e. The number of aliphatic hydroxyl groups is 5. The molecule has 1 saturated heterocycles. The van der Waals surface area contributed by atoms with Crippen LogP contribution in [0.5, 0.6) is 28.7 Å². The fourth-order valence-electron chi connectivity index (χ4n) is 3.61. The second-order valence-corrected chi connectivity index (χ2v) is 8.21. The molecule has 1 fully saturated rings. The van der Waals surface area contributed by atoms with E-state index in [1.54, 1.807) is 0 Å². The molecule has 0 aromatic heterocycles. The molecule has 0 unspecified atom stereocenters. The Hall–Kier alpha value is -3.37. The number of phenolic OH excluding ortho intramolecular Hbond substituents is 4. The van der Waals surface area contributed by atoms with Crippen LogP contribution in [0, 0.1) is 0 Å². The molecular weight excluding hydrogens is 500 g/mol. The van der Waals surface area contributed by atoms with Crippen molar-refractivity contribution in [2.45, 2.75) is 42.9 Å². The van der Waals surface area contributed by atoms with Crippen molar-refractivity contribution in [1.29, 1.82) is 0 Å². The van der Waals surface area contributed by atoms with Gasteiger partial charge in [-0.25, -0.2) is 4.79 Å². The van der Waals surface area contributed by atoms with Gasteiger partial charge >= 0.3 is 5.97 Å². The minimum Gasteiger partial charge on any atom is -0.504 e. The van der Waals surface area contributed by atoms with E-state index in [2.05, 4.69) is 0 Å². The van der Waals surface area contributed by atoms with Crippen molar-refractivity contribution in [3.05, 3.63) is 41.5 Å². The molecule has 2 aromatic rings. The number of carbonyl (C=O) groups excluding carboxylic acids is 1. The Labute approximate surface area is 209 Å². The summed E-state index contributed by atoms with van der Waals surface area (Å²) in [5.74, 6) is -3.66. The van der Waals surface area contributed by atoms with Crippen LogP contribution >= 0.6 is 0 Å². The summed E-state index contributed by atoms with van der Waals surface area (Å²) in [6.45, 7) is -1.46. The smallest absolute Gasteiger partial charge is 0.338 e. The highest BCUT2D eigenvalue weighted by molar-refractivity contribution is 5.91. The molecule has 0 spiro atoms. The molecule has 0 bridgehead atoms. The predicted molar refractivity (Wildman–Crippen MR) is 120 cm³/mol. The molecule has 0 aliphatic carbocycles. The quantitative estimate of drug-likeness (QED) is 0.134. The zero-order valence-corrected chi connectivity index (χ0v) is 19.4. The molecule has 2 aromatic carbocycles. The van der Waals surface area contributed by atoms with Crippen molar-refractivity contribution < 1.29 is 69.7 Å². The summed E-state index contributed by atoms with van der Waals surface area (Å²) in [6.07, 6.45) is -11.5. The van der Waals surface area contributed by atoms with Gasteiger partial charge in [-0.2, -0.15) is 0 Å². The van der Waals surface area contributed by atoms with E-state index in [1.807, 2.05) is 0 Å². The van der Waals surface area contributed by atoms with Gasteiger partial charge in [0.1, 0.15) is 43.2 Å². The maximum Gasteiger partial charge on any atom is 0.338 e. The van der Waals surface area contributed by atoms with Crippen LogP contribution in [-0.2, 0) is 14.2 Å². The molecule has 1 aliphatic rings. The van der Waals surface area contributed by atoms with Gasteiger partial charge < -0.3 is 64.9 Å². The Morgan fingerprint density at radius 1 is 0.973 bits per heavy atom. The van der Waals surface area contributed by atoms with Gasteiger partial charge in [0, 0.05) is 0 Å². The van der Waals surface area contributed by atoms with Crippen molar-refractivity contribution >= 4 is 5.97 Å². The van der Waals surface area contributed by atoms with Crippen LogP contribution in [0.2, 0.25) is 0 Å². The Kier molecular flexibility index (Phi) is 8.98. The van der Waals surface area contributed by atoms with Crippen LogP contribution in [0.1, 0.15) is 22.0 Å². The number of methoxy groups -OCH3 is 1. The number of hydrogen-bond donors (Lipinski definition) is 9. The number of esters is 1. The van der Waals surface area contributed by atoms with Crippen LogP contribution in [0.25, 0.3) is 0 Å². The van der Waals surface area contributed by atoms with Crippen LogP contribution in [-0.4, -0.2) is 109 Å². The van der Waals surface area contributed by atoms with E-state index in [1.165, 1.54) is 25.3 Å². The Morgan fingerprint density at radius 2 is 1.62 bits per heavy atom. The number of benzene rings is 2. The van der Waals surface area contributed by atoms with Crippen LogP contribution in [0.3, 0.4) is 0 Å². The highest BCUT2D eigenvalue weighted by Crippen LogP contribution is 2.36. The van der Waals surface area contributed by atoms with Crippen molar-refractivity contribution in [1.82, 2.24) is 0 Å². The topological polar surface area (TPSA) is 236 Å². The lowest BCUT2D eigenvalue weighted by molar-refractivity contribution is -0.319. The fourth-order valence-corrected chi connectivity index (χ4v) is 3.61. The van der Waals surface area contributed by atoms with Crippen LogP contribution in [0.15, 0.2) is 30.3 Å². The first-order valence-electron chi connectivity index (χ1n) is 10.9. The number of aromatic hydroxyl groups is 4. The summed E-state index contributed by atoms with van der Waals surface area (Å²) in [5.41, 5.74) is -0.176. The molecule has 7 atom stereocenters. The molecular formula is C23H28O14. The van der Waals surface area contributed by atoms with Gasteiger partial charge in [-0.1, -0.05) is 6.07 Å². The Balaban J connectivity index is 1.70. The molecule has 3 rings (SSSR count). The van der Waals surface area contributed by atoms with E-state index in [0.29, 0.717) is 0 Å². The van der Waals surface area contributed by atoms with E-state index >= 15 is 0 Å². The summed E-state index contributed by atoms with van der Waals surface area (Å²) in [4.78, 5) is 12.3. The summed E-state index contributed by atoms with van der Waals surface area (Å²) >= 11 is 0. The molecule has 9 N–H and O–H groups in total. The molecule has 1 aliphatic heterocycles. The lowest BCUT2D eigenvalue weighted by atomic mass is 9.99. The second kappa shape index (κ2) is 11.8. The van der Waals surface area contributed by atoms with Gasteiger partial charge in [0.15, 0.2) is 35.0 Å². The number of aliphatic hydroxyl groups excluding tert-OH is 5. The van der Waals surface area contributed by atoms with Crippen molar-refractivity contribution in [2.75, 3.05) is 20.3 Å². The zero-order chi connectivity index (χ0) is 27.4. The molecule has 14 nitrogen and oxygen atoms in total. The van der Waals surface area contributed by atoms with Gasteiger partial charge in [0.25, 0.3) is 0 Å². The lowest BCUT2D eigenvalue weighted by Gasteiger charge is -2.41. The fraction of sp³-hybridized carbons (Fsp3) is 0.435. The third-order valence-electron chi connectivity index (χ3n) is 5.74. The number of carbonyl (C=O) groups is 1. The monoisotopic (exact) mass is 528 g/mol. The molecule has 0 amide bonds. The minimum atomic E-state index is -1.84. The Morgan fingerprint density at radius 3 is 2.22 bits per heavy atom. The zero-order valence-electron chi connectivity index (χ0n) is 19.4. The average Bonchev–Trinajstić information content (AvgIpc) is 2.88. The van der Waals surface area contributed by atoms with Crippen molar-refractivity contribution in [3.63, 3.8) is 0 Å². The minimum absolute atomic E-state index is 0.0397. The van der Waals surface area contributed by atoms with Gasteiger partial charge in [0.2, 0.25) is 0 Å². The van der Waals surface area contributed by atoms with Crippen molar-refractivity contribution in [2.24, 2.45) is 0 Å². The maximum absolute atomic E-state index is 12.3. The highest BCUT2D eigenvalue weighted by Gasteiger charge is 2.46. The normalized spacial score (nSPS) is 25.3. The maximum atomic E-state index is 12.3. The molecule has 37 heavy (non-hydrogen) atoms. The van der Waals surface area contributed by atoms with Crippen LogP contribution < -0.4 is 4.74 Å². The average molecular weight is 528 g/mol. The van der Waals surface area contributed by atoms with Gasteiger partial charge in [0.05, 0.1) is 19.3 Å². The van der Waals surface area contributed by atoms with Gasteiger partial charge in [-0.3, -0.25) is 0 Å². The summed E-state index contributed by atoms with van der Waals surface area (Å²) in [5, 5.41) is 89.5. The lowest BCUT2D eigenvalue weighted by Crippen LogP contribution is -2.60. The number of ether oxygens (including phenoxy) is 4. The first-order chi connectivity index (χ1) is 17.5. The van der Waals surface area contributed by atoms with Crippen LogP contribution in [0.4, 0.5) is 0 Å². The highest BCUT2D eigenvalue weighted by atomic mass is 16.7. The molecule has 204 valence electrons. The predicted octanol–water partition coefficient (Wildman–Crippen LogP) is -1.41. The third kappa shape index (κ3) is 6.14. The first kappa shape index (κ1) is 28.2. The molecule has 14 heteroatoms. The van der Waals surface area contributed by atoms with Gasteiger partial charge in [-0.05, 0) is 29.8 Å². The van der Waals surface area contributed by atoms with E-state index < -0.39 is 79.3 Å².